The zero-order valence-corrected chi connectivity index (χ0v) is 10.7. The molecular formula is C13H14O4S. The monoisotopic (exact) mass is 266 g/mol. The Morgan fingerprint density at radius 1 is 1.17 bits per heavy atom. The lowest BCUT2D eigenvalue weighted by Gasteiger charge is -2.19. The van der Waals surface area contributed by atoms with E-state index in [1.807, 2.05) is 0 Å². The van der Waals surface area contributed by atoms with Crippen LogP contribution in [0.3, 0.4) is 0 Å². The van der Waals surface area contributed by atoms with Crippen molar-refractivity contribution in [1.29, 1.82) is 0 Å². The maximum Gasteiger partial charge on any atom is 0.162 e. The van der Waals surface area contributed by atoms with E-state index in [-0.39, 0.29) is 11.0 Å². The number of hydrogen-bond acceptors (Lipinski definition) is 4. The number of fused-ring (bicyclic) bond motifs is 1. The molecule has 18 heavy (non-hydrogen) atoms. The highest BCUT2D eigenvalue weighted by molar-refractivity contribution is 7.86. The molecule has 1 aromatic rings. The third kappa shape index (κ3) is 2.03. The molecule has 0 radical (unpaired) electrons. The van der Waals surface area contributed by atoms with Crippen molar-refractivity contribution in [2.45, 2.75) is 29.4 Å². The van der Waals surface area contributed by atoms with Crippen LogP contribution in [0.15, 0.2) is 23.1 Å². The first-order valence-electron chi connectivity index (χ1n) is 6.08. The van der Waals surface area contributed by atoms with E-state index in [4.69, 9.17) is 9.47 Å². The summed E-state index contributed by atoms with van der Waals surface area (Å²) in [6, 6.07) is 5.26. The summed E-state index contributed by atoms with van der Waals surface area (Å²) in [6.07, 6.45) is 2.13. The third-order valence-electron chi connectivity index (χ3n) is 3.25. The van der Waals surface area contributed by atoms with Gasteiger partial charge in [-0.3, -0.25) is 9.00 Å². The lowest BCUT2D eigenvalue weighted by molar-refractivity contribution is -0.117. The average Bonchev–Trinajstić information content (AvgIpc) is 2.83. The average molecular weight is 266 g/mol. The standard InChI is InChI=1S/C13H14O4S/c14-10-2-1-3-13(10)18(15)9-4-5-11-12(8-9)17-7-6-16-11/h4-5,8,13H,1-3,6-7H2. The molecule has 0 N–H and O–H groups in total. The van der Waals surface area contributed by atoms with E-state index < -0.39 is 10.8 Å². The van der Waals surface area contributed by atoms with Crippen LogP contribution in [0.4, 0.5) is 0 Å². The van der Waals surface area contributed by atoms with Crippen molar-refractivity contribution in [1.82, 2.24) is 0 Å². The van der Waals surface area contributed by atoms with Gasteiger partial charge in [-0.25, -0.2) is 0 Å². The van der Waals surface area contributed by atoms with Crippen LogP contribution >= 0.6 is 0 Å². The molecule has 5 heteroatoms. The quantitative estimate of drug-likeness (QED) is 0.817. The van der Waals surface area contributed by atoms with E-state index in [0.29, 0.717) is 36.0 Å². The molecular weight excluding hydrogens is 252 g/mol. The minimum atomic E-state index is -1.27. The van der Waals surface area contributed by atoms with Crippen molar-refractivity contribution in [3.8, 4) is 11.5 Å². The van der Waals surface area contributed by atoms with Gasteiger partial charge in [-0.05, 0) is 25.0 Å². The van der Waals surface area contributed by atoms with Crippen LogP contribution in [0.5, 0.6) is 11.5 Å². The Bertz CT molecular complexity index is 512. The maximum absolute atomic E-state index is 12.3. The first kappa shape index (κ1) is 11.7. The number of carbonyl (C=O) groups excluding carboxylic acids is 1. The van der Waals surface area contributed by atoms with Crippen LogP contribution < -0.4 is 9.47 Å². The summed E-state index contributed by atoms with van der Waals surface area (Å²) >= 11 is 0. The van der Waals surface area contributed by atoms with Gasteiger partial charge in [0.2, 0.25) is 0 Å². The Morgan fingerprint density at radius 3 is 2.67 bits per heavy atom. The molecule has 1 saturated carbocycles. The van der Waals surface area contributed by atoms with E-state index in [0.717, 1.165) is 12.8 Å². The Hall–Kier alpha value is -1.36. The zero-order valence-electron chi connectivity index (χ0n) is 9.89. The van der Waals surface area contributed by atoms with Crippen molar-refractivity contribution in [2.24, 2.45) is 0 Å². The lowest BCUT2D eigenvalue weighted by Crippen LogP contribution is -2.20. The number of Topliss-reactive ketones (excluding diaryl/α,β-unsaturated/α-hetero) is 1. The van der Waals surface area contributed by atoms with E-state index >= 15 is 0 Å². The molecule has 1 aliphatic carbocycles. The van der Waals surface area contributed by atoms with E-state index in [9.17, 15) is 9.00 Å². The molecule has 3 rings (SSSR count). The molecule has 0 bridgehead atoms. The fraction of sp³-hybridized carbons (Fsp3) is 0.462. The zero-order chi connectivity index (χ0) is 12.5. The summed E-state index contributed by atoms with van der Waals surface area (Å²) in [5, 5.41) is -0.340. The summed E-state index contributed by atoms with van der Waals surface area (Å²) in [5.41, 5.74) is 0. The van der Waals surface area contributed by atoms with Gasteiger partial charge in [-0.15, -0.1) is 0 Å². The first-order valence-corrected chi connectivity index (χ1v) is 7.30. The second-order valence-electron chi connectivity index (χ2n) is 4.45. The van der Waals surface area contributed by atoms with Gasteiger partial charge < -0.3 is 9.47 Å². The van der Waals surface area contributed by atoms with Gasteiger partial charge in [0.05, 0.1) is 16.0 Å². The molecule has 2 aliphatic rings. The van der Waals surface area contributed by atoms with Crippen LogP contribution in [0.1, 0.15) is 19.3 Å². The first-order chi connectivity index (χ1) is 8.75. The number of rotatable bonds is 2. The van der Waals surface area contributed by atoms with Crippen molar-refractivity contribution in [3.63, 3.8) is 0 Å². The number of ether oxygens (including phenoxy) is 2. The van der Waals surface area contributed by atoms with Crippen LogP contribution in [-0.2, 0) is 15.6 Å². The highest BCUT2D eigenvalue weighted by Gasteiger charge is 2.31. The van der Waals surface area contributed by atoms with Crippen molar-refractivity contribution in [2.75, 3.05) is 13.2 Å². The molecule has 1 heterocycles. The summed E-state index contributed by atoms with van der Waals surface area (Å²) in [4.78, 5) is 12.3. The Morgan fingerprint density at radius 2 is 1.94 bits per heavy atom. The van der Waals surface area contributed by atoms with Gasteiger partial charge in [0, 0.05) is 17.4 Å². The third-order valence-corrected chi connectivity index (χ3v) is 4.99. The second-order valence-corrected chi connectivity index (χ2v) is 6.09. The molecule has 0 aromatic heterocycles. The highest BCUT2D eigenvalue weighted by atomic mass is 32.2. The normalized spacial score (nSPS) is 24.0. The van der Waals surface area contributed by atoms with Crippen molar-refractivity contribution in [3.05, 3.63) is 18.2 Å². The largest absolute Gasteiger partial charge is 0.486 e. The molecule has 0 amide bonds. The Kier molecular flexibility index (Phi) is 3.07. The predicted octanol–water partition coefficient (Wildman–Crippen LogP) is 1.69. The van der Waals surface area contributed by atoms with Crippen LogP contribution in [0, 0.1) is 0 Å². The molecule has 1 aromatic carbocycles. The molecule has 2 unspecified atom stereocenters. The highest BCUT2D eigenvalue weighted by Crippen LogP contribution is 2.33. The second kappa shape index (κ2) is 4.72. The fourth-order valence-electron chi connectivity index (χ4n) is 2.32. The fourth-order valence-corrected chi connectivity index (χ4v) is 3.81. The van der Waals surface area contributed by atoms with Crippen molar-refractivity contribution >= 4 is 16.6 Å². The summed E-state index contributed by atoms with van der Waals surface area (Å²) in [7, 11) is -1.27. The van der Waals surface area contributed by atoms with E-state index in [1.165, 1.54) is 0 Å². The maximum atomic E-state index is 12.3. The number of hydrogen-bond donors (Lipinski definition) is 0. The summed E-state index contributed by atoms with van der Waals surface area (Å²) < 4.78 is 23.2. The SMILES string of the molecule is O=C1CCCC1S(=O)c1ccc2c(c1)OCCO2. The summed E-state index contributed by atoms with van der Waals surface area (Å²) in [5.74, 6) is 1.42. The molecule has 0 spiro atoms. The Labute approximate surface area is 108 Å². The predicted molar refractivity (Wildman–Crippen MR) is 66.5 cm³/mol. The van der Waals surface area contributed by atoms with Crippen LogP contribution in [-0.4, -0.2) is 28.5 Å². The van der Waals surface area contributed by atoms with Crippen LogP contribution in [0.2, 0.25) is 0 Å². The van der Waals surface area contributed by atoms with Crippen molar-refractivity contribution < 1.29 is 18.5 Å². The van der Waals surface area contributed by atoms with E-state index in [2.05, 4.69) is 0 Å². The van der Waals surface area contributed by atoms with Gasteiger partial charge in [-0.1, -0.05) is 0 Å². The van der Waals surface area contributed by atoms with E-state index in [1.54, 1.807) is 18.2 Å². The smallest absolute Gasteiger partial charge is 0.162 e. The number of benzene rings is 1. The molecule has 1 aliphatic heterocycles. The van der Waals surface area contributed by atoms with Gasteiger partial charge in [0.25, 0.3) is 0 Å². The lowest BCUT2D eigenvalue weighted by atomic mass is 10.3. The molecule has 0 saturated heterocycles. The number of carbonyl (C=O) groups is 1. The van der Waals surface area contributed by atoms with Gasteiger partial charge >= 0.3 is 0 Å². The van der Waals surface area contributed by atoms with Gasteiger partial charge in [-0.2, -0.15) is 0 Å². The molecule has 2 atom stereocenters. The Balaban J connectivity index is 1.88. The van der Waals surface area contributed by atoms with Gasteiger partial charge in [0.1, 0.15) is 19.0 Å². The van der Waals surface area contributed by atoms with Crippen LogP contribution in [0.25, 0.3) is 0 Å². The minimum absolute atomic E-state index is 0.114. The minimum Gasteiger partial charge on any atom is -0.486 e. The number of ketones is 1. The molecule has 96 valence electrons. The topological polar surface area (TPSA) is 52.6 Å². The molecule has 1 fully saturated rings. The van der Waals surface area contributed by atoms with Gasteiger partial charge in [0.15, 0.2) is 11.5 Å². The molecule has 4 nitrogen and oxygen atoms in total. The summed E-state index contributed by atoms with van der Waals surface area (Å²) in [6.45, 7) is 1.04.